The number of hydrogen-bond donors (Lipinski definition) is 1. The molecule has 3 aromatic rings. The summed E-state index contributed by atoms with van der Waals surface area (Å²) in [5.74, 6) is -0.377. The van der Waals surface area contributed by atoms with Gasteiger partial charge >= 0.3 is 0 Å². The van der Waals surface area contributed by atoms with Gasteiger partial charge in [-0.2, -0.15) is 0 Å². The quantitative estimate of drug-likeness (QED) is 0.427. The van der Waals surface area contributed by atoms with E-state index in [0.717, 1.165) is 18.4 Å². The van der Waals surface area contributed by atoms with Crippen LogP contribution in [-0.4, -0.2) is 37.2 Å². The van der Waals surface area contributed by atoms with E-state index in [0.29, 0.717) is 33.0 Å². The summed E-state index contributed by atoms with van der Waals surface area (Å²) in [6, 6.07) is 11.1. The lowest BCUT2D eigenvalue weighted by atomic mass is 10.2. The maximum Gasteiger partial charge on any atom is 0.257 e. The number of thiazole rings is 1. The fourth-order valence-corrected chi connectivity index (χ4v) is 4.97. The minimum absolute atomic E-state index is 0.152. The third-order valence-electron chi connectivity index (χ3n) is 4.59. The zero-order valence-corrected chi connectivity index (χ0v) is 20.1. The number of carbonyl (C=O) groups excluding carboxylic acids is 1. The van der Waals surface area contributed by atoms with Crippen LogP contribution in [0.1, 0.15) is 30.1 Å². The van der Waals surface area contributed by atoms with Gasteiger partial charge in [0.15, 0.2) is 5.13 Å². The normalized spacial score (nSPS) is 11.6. The third kappa shape index (κ3) is 5.64. The second kappa shape index (κ2) is 10.1. The monoisotopic (exact) mass is 497 g/mol. The van der Waals surface area contributed by atoms with Crippen molar-refractivity contribution in [2.24, 2.45) is 0 Å². The highest BCUT2D eigenvalue weighted by Crippen LogP contribution is 2.30. The summed E-state index contributed by atoms with van der Waals surface area (Å²) in [5, 5.41) is 5.83. The summed E-state index contributed by atoms with van der Waals surface area (Å²) in [4.78, 5) is 17.1. The number of nitrogens with zero attached hydrogens (tertiary/aromatic N) is 2. The van der Waals surface area contributed by atoms with E-state index in [9.17, 15) is 13.2 Å². The van der Waals surface area contributed by atoms with Crippen molar-refractivity contribution in [2.45, 2.75) is 24.7 Å². The van der Waals surface area contributed by atoms with E-state index in [1.807, 2.05) is 6.92 Å². The number of sulfonamides is 1. The Balaban J connectivity index is 1.70. The zero-order valence-electron chi connectivity index (χ0n) is 16.9. The van der Waals surface area contributed by atoms with Gasteiger partial charge in [0, 0.05) is 30.1 Å². The van der Waals surface area contributed by atoms with Crippen molar-refractivity contribution in [3.8, 4) is 11.3 Å². The van der Waals surface area contributed by atoms with Crippen LogP contribution in [0.25, 0.3) is 11.3 Å². The molecule has 0 aliphatic heterocycles. The van der Waals surface area contributed by atoms with E-state index in [-0.39, 0.29) is 10.8 Å². The number of anilines is 1. The molecule has 0 saturated heterocycles. The minimum atomic E-state index is -3.58. The van der Waals surface area contributed by atoms with Crippen molar-refractivity contribution < 1.29 is 13.2 Å². The van der Waals surface area contributed by atoms with Crippen molar-refractivity contribution in [1.29, 1.82) is 0 Å². The van der Waals surface area contributed by atoms with Crippen LogP contribution in [0.4, 0.5) is 5.13 Å². The van der Waals surface area contributed by atoms with Gasteiger partial charge in [0.05, 0.1) is 20.6 Å². The van der Waals surface area contributed by atoms with Gasteiger partial charge in [0.1, 0.15) is 0 Å². The fourth-order valence-electron chi connectivity index (χ4n) is 2.75. The van der Waals surface area contributed by atoms with Crippen molar-refractivity contribution in [2.75, 3.05) is 18.9 Å². The van der Waals surface area contributed by atoms with Gasteiger partial charge in [-0.15, -0.1) is 11.3 Å². The molecule has 0 saturated carbocycles. The van der Waals surface area contributed by atoms with Gasteiger partial charge in [-0.3, -0.25) is 10.1 Å². The zero-order chi connectivity index (χ0) is 22.6. The van der Waals surface area contributed by atoms with Crippen LogP contribution in [0.3, 0.4) is 0 Å². The van der Waals surface area contributed by atoms with Gasteiger partial charge in [-0.25, -0.2) is 17.7 Å². The average Bonchev–Trinajstić information content (AvgIpc) is 3.22. The summed E-state index contributed by atoms with van der Waals surface area (Å²) in [5.41, 5.74) is 1.78. The molecular weight excluding hydrogens is 477 g/mol. The second-order valence-electron chi connectivity index (χ2n) is 6.83. The Morgan fingerprint density at radius 3 is 2.48 bits per heavy atom. The first kappa shape index (κ1) is 23.7. The van der Waals surface area contributed by atoms with Crippen LogP contribution in [0.2, 0.25) is 10.0 Å². The van der Waals surface area contributed by atoms with Gasteiger partial charge in [0.25, 0.3) is 5.91 Å². The van der Waals surface area contributed by atoms with Crippen LogP contribution >= 0.6 is 34.5 Å². The molecule has 1 amide bonds. The van der Waals surface area contributed by atoms with E-state index in [1.54, 1.807) is 30.6 Å². The predicted octanol–water partition coefficient (Wildman–Crippen LogP) is 5.79. The Bertz CT molecular complexity index is 1180. The molecule has 3 rings (SSSR count). The Kier molecular flexibility index (Phi) is 7.72. The minimum Gasteiger partial charge on any atom is -0.298 e. The summed E-state index contributed by atoms with van der Waals surface area (Å²) < 4.78 is 26.5. The maximum atomic E-state index is 12.6. The number of hydrogen-bond acceptors (Lipinski definition) is 5. The van der Waals surface area contributed by atoms with E-state index >= 15 is 0 Å². The molecule has 0 unspecified atom stereocenters. The van der Waals surface area contributed by atoms with E-state index < -0.39 is 10.0 Å². The van der Waals surface area contributed by atoms with E-state index in [1.165, 1.54) is 39.9 Å². The molecule has 10 heteroatoms. The third-order valence-corrected chi connectivity index (χ3v) is 7.96. The highest BCUT2D eigenvalue weighted by atomic mass is 35.5. The number of rotatable bonds is 8. The summed E-state index contributed by atoms with van der Waals surface area (Å²) in [6.07, 6.45) is 1.69. The first-order valence-electron chi connectivity index (χ1n) is 9.51. The van der Waals surface area contributed by atoms with Crippen LogP contribution in [-0.2, 0) is 10.0 Å². The van der Waals surface area contributed by atoms with E-state index in [4.69, 9.17) is 23.2 Å². The molecule has 0 spiro atoms. The standard InChI is InChI=1S/C21H21Cl2N3O3S2/c1-3-4-11-26(2)31(28,29)16-8-5-14(6-9-16)20(27)25-21-24-19(13-30-21)15-7-10-17(22)18(23)12-15/h5-10,12-13H,3-4,11H2,1-2H3,(H,24,25,27). The Morgan fingerprint density at radius 1 is 1.13 bits per heavy atom. The molecule has 31 heavy (non-hydrogen) atoms. The molecule has 0 radical (unpaired) electrons. The lowest BCUT2D eigenvalue weighted by molar-refractivity contribution is 0.102. The molecule has 0 atom stereocenters. The van der Waals surface area contributed by atoms with Gasteiger partial charge in [0.2, 0.25) is 10.0 Å². The van der Waals surface area contributed by atoms with Crippen LogP contribution in [0, 0.1) is 0 Å². The number of amides is 1. The van der Waals surface area contributed by atoms with Gasteiger partial charge < -0.3 is 0 Å². The number of nitrogens with one attached hydrogen (secondary N) is 1. The number of aromatic nitrogens is 1. The topological polar surface area (TPSA) is 79.4 Å². The van der Waals surface area contributed by atoms with Gasteiger partial charge in [-0.05, 0) is 42.8 Å². The van der Waals surface area contributed by atoms with Crippen molar-refractivity contribution >= 4 is 55.6 Å². The average molecular weight is 498 g/mol. The molecule has 0 aliphatic carbocycles. The molecule has 1 heterocycles. The number of benzene rings is 2. The SMILES string of the molecule is CCCCN(C)S(=O)(=O)c1ccc(C(=O)Nc2nc(-c3ccc(Cl)c(Cl)c3)cs2)cc1. The smallest absolute Gasteiger partial charge is 0.257 e. The largest absolute Gasteiger partial charge is 0.298 e. The lowest BCUT2D eigenvalue weighted by Gasteiger charge is -2.16. The fraction of sp³-hybridized carbons (Fsp3) is 0.238. The molecule has 1 aromatic heterocycles. The van der Waals surface area contributed by atoms with Gasteiger partial charge in [-0.1, -0.05) is 42.6 Å². The maximum absolute atomic E-state index is 12.6. The molecule has 0 fully saturated rings. The Hall–Kier alpha value is -1.97. The van der Waals surface area contributed by atoms with Crippen molar-refractivity contribution in [3.63, 3.8) is 0 Å². The predicted molar refractivity (Wildman–Crippen MR) is 127 cm³/mol. The molecule has 164 valence electrons. The number of carbonyl (C=O) groups is 1. The highest BCUT2D eigenvalue weighted by Gasteiger charge is 2.20. The van der Waals surface area contributed by atoms with Crippen LogP contribution in [0.5, 0.6) is 0 Å². The Labute approximate surface area is 195 Å². The molecule has 1 N–H and O–H groups in total. The molecule has 6 nitrogen and oxygen atoms in total. The molecule has 0 bridgehead atoms. The second-order valence-corrected chi connectivity index (χ2v) is 10.5. The Morgan fingerprint density at radius 2 is 1.84 bits per heavy atom. The highest BCUT2D eigenvalue weighted by molar-refractivity contribution is 7.89. The van der Waals surface area contributed by atoms with Crippen LogP contribution < -0.4 is 5.32 Å². The van der Waals surface area contributed by atoms with Crippen LogP contribution in [0.15, 0.2) is 52.7 Å². The molecule has 0 aliphatic rings. The molecular formula is C21H21Cl2N3O3S2. The first-order chi connectivity index (χ1) is 14.7. The summed E-state index contributed by atoms with van der Waals surface area (Å²) >= 11 is 13.3. The lowest BCUT2D eigenvalue weighted by Crippen LogP contribution is -2.28. The molecule has 2 aromatic carbocycles. The summed E-state index contributed by atoms with van der Waals surface area (Å²) in [6.45, 7) is 2.45. The van der Waals surface area contributed by atoms with Crippen molar-refractivity contribution in [1.82, 2.24) is 9.29 Å². The van der Waals surface area contributed by atoms with Crippen molar-refractivity contribution in [3.05, 3.63) is 63.5 Å². The van der Waals surface area contributed by atoms with E-state index in [2.05, 4.69) is 10.3 Å². The number of halogens is 2. The summed E-state index contributed by atoms with van der Waals surface area (Å²) in [7, 11) is -2.02. The number of unbranched alkanes of at least 4 members (excludes halogenated alkanes) is 1. The first-order valence-corrected chi connectivity index (χ1v) is 12.6.